The van der Waals surface area contributed by atoms with Crippen LogP contribution < -0.4 is 10.4 Å². The maximum atomic E-state index is 3.56. The van der Waals surface area contributed by atoms with E-state index in [4.69, 9.17) is 0 Å². The molecule has 0 saturated carbocycles. The quantitative estimate of drug-likeness (QED) is 0.385. The van der Waals surface area contributed by atoms with Gasteiger partial charge in [0.1, 0.15) is 0 Å². The Labute approximate surface area is 29.4 Å². The van der Waals surface area contributed by atoms with E-state index < -0.39 is 0 Å². The van der Waals surface area contributed by atoms with E-state index in [1.165, 1.54) is 12.7 Å². The highest BCUT2D eigenvalue weighted by Gasteiger charge is 1.85. The first-order chi connectivity index (χ1) is 2.50. The Bertz CT molecular complexity index is 63.0. The van der Waals surface area contributed by atoms with Gasteiger partial charge in [0.15, 0.2) is 0 Å². The lowest BCUT2D eigenvalue weighted by Gasteiger charge is -1.50. The lowest BCUT2D eigenvalue weighted by Crippen LogP contribution is -1.94. The number of rotatable bonds is 0. The Morgan fingerprint density at radius 3 is 3.00 bits per heavy atom. The molecule has 1 N–H and O–H groups in total. The van der Waals surface area contributed by atoms with Crippen molar-refractivity contribution in [3.05, 3.63) is 0 Å². The Hall–Kier alpha value is -0.860. The molecule has 0 fully saturated rings. The molecule has 0 aromatic heterocycles. The van der Waals surface area contributed by atoms with E-state index in [0.717, 1.165) is 0 Å². The number of hydrogen-bond donors (Lipinski definition) is 1. The van der Waals surface area contributed by atoms with Crippen molar-refractivity contribution in [1.82, 2.24) is 10.4 Å². The van der Waals surface area contributed by atoms with Crippen LogP contribution in [0.4, 0.5) is 0 Å². The number of nitrogens with zero attached hydrogens (tertiary/aromatic N) is 2. The molecule has 1 aliphatic rings. The molecular formula is C2H3N3+. The molecule has 3 heteroatoms. The number of aliphatic imine (C=N–C) groups is 1. The van der Waals surface area contributed by atoms with Gasteiger partial charge in [0.25, 0.3) is 12.7 Å². The summed E-state index contributed by atoms with van der Waals surface area (Å²) >= 11 is 0. The third-order valence-corrected chi connectivity index (χ3v) is 0.331. The molecule has 0 aliphatic carbocycles. The van der Waals surface area contributed by atoms with Gasteiger partial charge in [-0.15, -0.1) is 5.43 Å². The van der Waals surface area contributed by atoms with Crippen LogP contribution >= 0.6 is 0 Å². The highest BCUT2D eigenvalue weighted by molar-refractivity contribution is 5.72. The summed E-state index contributed by atoms with van der Waals surface area (Å²) < 4.78 is 0. The molecule has 0 atom stereocenters. The van der Waals surface area contributed by atoms with E-state index in [2.05, 4.69) is 15.5 Å². The zero-order valence-corrected chi connectivity index (χ0v) is 2.55. The third-order valence-electron chi connectivity index (χ3n) is 0.331. The Kier molecular flexibility index (Phi) is 0.400. The van der Waals surface area contributed by atoms with E-state index in [1.54, 1.807) is 0 Å². The average molecular weight is 69.1 g/mol. The molecule has 1 radical (unpaired) electrons. The summed E-state index contributed by atoms with van der Waals surface area (Å²) in [7, 11) is 0. The summed E-state index contributed by atoms with van der Waals surface area (Å²) in [5.41, 5.74) is 2.50. The van der Waals surface area contributed by atoms with Crippen LogP contribution in [-0.4, -0.2) is 12.7 Å². The Balaban J connectivity index is 2.61. The summed E-state index contributed by atoms with van der Waals surface area (Å²) in [6, 6.07) is 0. The van der Waals surface area contributed by atoms with Crippen LogP contribution in [0.25, 0.3) is 0 Å². The van der Waals surface area contributed by atoms with Gasteiger partial charge in [-0.25, -0.2) is 0 Å². The highest BCUT2D eigenvalue weighted by Crippen LogP contribution is 1.49. The van der Waals surface area contributed by atoms with Crippen LogP contribution in [0.3, 0.4) is 0 Å². The van der Waals surface area contributed by atoms with Gasteiger partial charge in [0, 0.05) is 5.10 Å². The second kappa shape index (κ2) is 0.839. The van der Waals surface area contributed by atoms with Gasteiger partial charge in [0.2, 0.25) is 0 Å². The topological polar surface area (TPSA) is 38.5 Å². The minimum atomic E-state index is 1.44. The fourth-order valence-electron chi connectivity index (χ4n) is 0.167. The number of hydrogen-bond acceptors (Lipinski definition) is 3. The van der Waals surface area contributed by atoms with E-state index in [0.29, 0.717) is 0 Å². The van der Waals surface area contributed by atoms with E-state index in [-0.39, 0.29) is 0 Å². The molecule has 5 heavy (non-hydrogen) atoms. The van der Waals surface area contributed by atoms with Crippen LogP contribution in [0.5, 0.6) is 0 Å². The first-order valence-corrected chi connectivity index (χ1v) is 1.29. The molecule has 0 spiro atoms. The molecule has 3 nitrogen and oxygen atoms in total. The standard InChI is InChI=1S/C2H3N3/c1-3-2-5-4-1/h1-2H,(H,4,5)/q+1. The molecule has 1 heterocycles. The zero-order chi connectivity index (χ0) is 3.54. The zero-order valence-electron chi connectivity index (χ0n) is 2.55. The fraction of sp³-hybridized carbons (Fsp3) is 0. The largest absolute Gasteiger partial charge is 0.299 e. The number of nitrogens with one attached hydrogen (secondary N) is 1. The monoisotopic (exact) mass is 69.0 g/mol. The van der Waals surface area contributed by atoms with Crippen molar-refractivity contribution in [2.45, 2.75) is 0 Å². The maximum Gasteiger partial charge on any atom is 0.299 e. The maximum absolute atomic E-state index is 3.56. The van der Waals surface area contributed by atoms with Gasteiger partial charge in [-0.1, -0.05) is 4.99 Å². The third kappa shape index (κ3) is 0.238. The molecule has 0 aromatic carbocycles. The van der Waals surface area contributed by atoms with E-state index in [1.807, 2.05) is 0 Å². The van der Waals surface area contributed by atoms with Crippen molar-refractivity contribution in [2.75, 3.05) is 0 Å². The van der Waals surface area contributed by atoms with Gasteiger partial charge in [-0.3, -0.25) is 0 Å². The van der Waals surface area contributed by atoms with Gasteiger partial charge < -0.3 is 0 Å². The molecule has 0 unspecified atom stereocenters. The molecule has 0 bridgehead atoms. The fourth-order valence-corrected chi connectivity index (χ4v) is 0.167. The molecule has 0 aromatic rings. The highest BCUT2D eigenvalue weighted by atomic mass is 15.3. The van der Waals surface area contributed by atoms with Crippen molar-refractivity contribution in [3.63, 3.8) is 0 Å². The minimum Gasteiger partial charge on any atom is -0.125 e. The molecule has 1 aliphatic heterocycles. The second-order valence-electron chi connectivity index (χ2n) is 0.652. The smallest absolute Gasteiger partial charge is 0.125 e. The van der Waals surface area contributed by atoms with Gasteiger partial charge in [0.05, 0.1) is 0 Å². The van der Waals surface area contributed by atoms with Gasteiger partial charge in [-0.05, 0) is 0 Å². The predicted octanol–water partition coefficient (Wildman–Crippen LogP) is -1.10. The summed E-state index contributed by atoms with van der Waals surface area (Å²) in [4.78, 5) is 3.56. The first-order valence-electron chi connectivity index (χ1n) is 1.29. The second-order valence-corrected chi connectivity index (χ2v) is 0.652. The van der Waals surface area contributed by atoms with Crippen LogP contribution in [0.15, 0.2) is 5.10 Å². The summed E-state index contributed by atoms with van der Waals surface area (Å²) in [5.74, 6) is 0. The predicted molar refractivity (Wildman–Crippen MR) is 19.8 cm³/mol. The summed E-state index contributed by atoms with van der Waals surface area (Å²) in [6.07, 6.45) is 2.96. The Morgan fingerprint density at radius 2 is 2.80 bits per heavy atom. The van der Waals surface area contributed by atoms with E-state index >= 15 is 0 Å². The normalized spacial score (nSPS) is 16.0. The van der Waals surface area contributed by atoms with Crippen molar-refractivity contribution in [3.8, 4) is 0 Å². The van der Waals surface area contributed by atoms with Gasteiger partial charge in [-0.2, -0.15) is 0 Å². The molecule has 0 amide bonds. The van der Waals surface area contributed by atoms with Crippen LogP contribution in [0.1, 0.15) is 0 Å². The Morgan fingerprint density at radius 1 is 1.80 bits per heavy atom. The molecule has 0 saturated heterocycles. The average Bonchev–Trinajstić information content (AvgIpc) is 1.76. The lowest BCUT2D eigenvalue weighted by atomic mass is 11.3. The molecule has 1 rings (SSSR count). The SMILES string of the molecule is C1=NNC=[N+]1. The van der Waals surface area contributed by atoms with Crippen molar-refractivity contribution in [1.29, 1.82) is 0 Å². The first kappa shape index (κ1) is 2.38. The summed E-state index contributed by atoms with van der Waals surface area (Å²) in [5, 5.41) is 3.49. The van der Waals surface area contributed by atoms with Crippen LogP contribution in [-0.2, 0) is 0 Å². The summed E-state index contributed by atoms with van der Waals surface area (Å²) in [6.45, 7) is 0. The lowest BCUT2D eigenvalue weighted by molar-refractivity contribution is 1.09. The molecular weight excluding hydrogens is 66.0 g/mol. The van der Waals surface area contributed by atoms with Crippen LogP contribution in [0, 0.1) is 0 Å². The van der Waals surface area contributed by atoms with Crippen LogP contribution in [0.2, 0.25) is 0 Å². The van der Waals surface area contributed by atoms with Crippen molar-refractivity contribution < 1.29 is 0 Å². The van der Waals surface area contributed by atoms with Crippen molar-refractivity contribution >= 4 is 12.7 Å². The van der Waals surface area contributed by atoms with Gasteiger partial charge >= 0.3 is 0 Å². The number of hydrazone groups is 1. The van der Waals surface area contributed by atoms with Crippen molar-refractivity contribution in [2.24, 2.45) is 5.10 Å². The van der Waals surface area contributed by atoms with E-state index in [9.17, 15) is 0 Å². The minimum absolute atomic E-state index is 1.44. The molecule has 25 valence electrons.